The van der Waals surface area contributed by atoms with Crippen molar-refractivity contribution in [3.05, 3.63) is 52.0 Å². The van der Waals surface area contributed by atoms with Gasteiger partial charge in [-0.1, -0.05) is 28.9 Å². The first-order valence-corrected chi connectivity index (χ1v) is 6.93. The second-order valence-electron chi connectivity index (χ2n) is 4.08. The van der Waals surface area contributed by atoms with Crippen molar-refractivity contribution < 1.29 is 4.39 Å². The van der Waals surface area contributed by atoms with Gasteiger partial charge in [0, 0.05) is 16.2 Å². The monoisotopic (exact) mass is 330 g/mol. The van der Waals surface area contributed by atoms with Crippen LogP contribution in [-0.2, 0) is 6.54 Å². The van der Waals surface area contributed by atoms with Crippen LogP contribution in [0.25, 0.3) is 0 Å². The van der Waals surface area contributed by atoms with Crippen LogP contribution in [-0.4, -0.2) is 9.78 Å². The molecular formula is C13H13BrClFN2. The molecule has 18 heavy (non-hydrogen) atoms. The minimum absolute atomic E-state index is 0.00425. The van der Waals surface area contributed by atoms with E-state index < -0.39 is 0 Å². The Balaban J connectivity index is 2.16. The Morgan fingerprint density at radius 1 is 1.50 bits per heavy atom. The number of benzene rings is 1. The minimum atomic E-state index is -0.251. The van der Waals surface area contributed by atoms with E-state index in [1.807, 2.05) is 13.1 Å². The minimum Gasteiger partial charge on any atom is -0.268 e. The standard InChI is InChI=1S/C13H13BrClFN2/c1-2-13(15)10-6-17-18(8-10)7-9-3-4-11(16)5-12(9)14/h3-6,8,13H,2,7H2,1H3. The maximum Gasteiger partial charge on any atom is 0.124 e. The summed E-state index contributed by atoms with van der Waals surface area (Å²) in [7, 11) is 0. The Hall–Kier alpha value is -0.870. The quantitative estimate of drug-likeness (QED) is 0.753. The van der Waals surface area contributed by atoms with Gasteiger partial charge in [-0.25, -0.2) is 4.39 Å². The van der Waals surface area contributed by atoms with E-state index in [4.69, 9.17) is 11.6 Å². The molecule has 2 aromatic rings. The second-order valence-corrected chi connectivity index (χ2v) is 5.46. The Bertz CT molecular complexity index is 542. The summed E-state index contributed by atoms with van der Waals surface area (Å²) >= 11 is 9.49. The second kappa shape index (κ2) is 5.85. The molecular weight excluding hydrogens is 319 g/mol. The Morgan fingerprint density at radius 2 is 2.28 bits per heavy atom. The van der Waals surface area contributed by atoms with Gasteiger partial charge in [-0.2, -0.15) is 5.10 Å². The van der Waals surface area contributed by atoms with Crippen molar-refractivity contribution >= 4 is 27.5 Å². The van der Waals surface area contributed by atoms with E-state index >= 15 is 0 Å². The van der Waals surface area contributed by atoms with Crippen LogP contribution in [0.4, 0.5) is 4.39 Å². The molecule has 0 spiro atoms. The summed E-state index contributed by atoms with van der Waals surface area (Å²) in [5, 5.41) is 4.26. The number of alkyl halides is 1. The van der Waals surface area contributed by atoms with Crippen molar-refractivity contribution in [3.8, 4) is 0 Å². The first kappa shape index (κ1) is 13.6. The molecule has 0 bridgehead atoms. The first-order chi connectivity index (χ1) is 8.60. The van der Waals surface area contributed by atoms with Gasteiger partial charge in [0.2, 0.25) is 0 Å². The van der Waals surface area contributed by atoms with Crippen LogP contribution in [0, 0.1) is 5.82 Å². The van der Waals surface area contributed by atoms with Gasteiger partial charge in [0.15, 0.2) is 0 Å². The highest BCUT2D eigenvalue weighted by molar-refractivity contribution is 9.10. The predicted molar refractivity (Wildman–Crippen MR) is 74.3 cm³/mol. The zero-order valence-electron chi connectivity index (χ0n) is 9.91. The average molecular weight is 332 g/mol. The van der Waals surface area contributed by atoms with Crippen LogP contribution in [0.5, 0.6) is 0 Å². The molecule has 0 aliphatic rings. The molecule has 2 nitrogen and oxygen atoms in total. The lowest BCUT2D eigenvalue weighted by molar-refractivity contribution is 0.623. The Kier molecular flexibility index (Phi) is 4.40. The lowest BCUT2D eigenvalue weighted by Gasteiger charge is -2.05. The van der Waals surface area contributed by atoms with Gasteiger partial charge in [0.1, 0.15) is 5.82 Å². The fourth-order valence-corrected chi connectivity index (χ4v) is 2.28. The SMILES string of the molecule is CCC(Cl)c1cnn(Cc2ccc(F)cc2Br)c1. The summed E-state index contributed by atoms with van der Waals surface area (Å²) in [6, 6.07) is 4.65. The summed E-state index contributed by atoms with van der Waals surface area (Å²) < 4.78 is 15.5. The van der Waals surface area contributed by atoms with E-state index in [1.165, 1.54) is 12.1 Å². The molecule has 2 rings (SSSR count). The number of hydrogen-bond donors (Lipinski definition) is 0. The van der Waals surface area contributed by atoms with E-state index in [9.17, 15) is 4.39 Å². The highest BCUT2D eigenvalue weighted by Crippen LogP contribution is 2.24. The third-order valence-electron chi connectivity index (χ3n) is 2.72. The van der Waals surface area contributed by atoms with Gasteiger partial charge >= 0.3 is 0 Å². The van der Waals surface area contributed by atoms with Gasteiger partial charge in [-0.05, 0) is 24.1 Å². The van der Waals surface area contributed by atoms with E-state index in [1.54, 1.807) is 16.9 Å². The van der Waals surface area contributed by atoms with Crippen molar-refractivity contribution in [2.75, 3.05) is 0 Å². The molecule has 5 heteroatoms. The van der Waals surface area contributed by atoms with Crippen molar-refractivity contribution in [2.45, 2.75) is 25.3 Å². The van der Waals surface area contributed by atoms with Crippen LogP contribution in [0.15, 0.2) is 35.1 Å². The smallest absolute Gasteiger partial charge is 0.124 e. The molecule has 1 aromatic heterocycles. The number of rotatable bonds is 4. The van der Waals surface area contributed by atoms with Crippen LogP contribution < -0.4 is 0 Å². The summed E-state index contributed by atoms with van der Waals surface area (Å²) in [6.07, 6.45) is 4.57. The zero-order chi connectivity index (χ0) is 13.1. The number of hydrogen-bond acceptors (Lipinski definition) is 1. The largest absolute Gasteiger partial charge is 0.268 e. The molecule has 1 aromatic carbocycles. The molecule has 1 unspecified atom stereocenters. The Morgan fingerprint density at radius 3 is 2.94 bits per heavy atom. The van der Waals surface area contributed by atoms with Gasteiger partial charge in [-0.3, -0.25) is 4.68 Å². The summed E-state index contributed by atoms with van der Waals surface area (Å²) in [5.74, 6) is -0.251. The molecule has 96 valence electrons. The van der Waals surface area contributed by atoms with Crippen LogP contribution in [0.3, 0.4) is 0 Å². The van der Waals surface area contributed by atoms with Crippen molar-refractivity contribution in [2.24, 2.45) is 0 Å². The maximum absolute atomic E-state index is 13.0. The first-order valence-electron chi connectivity index (χ1n) is 5.70. The zero-order valence-corrected chi connectivity index (χ0v) is 12.2. The summed E-state index contributed by atoms with van der Waals surface area (Å²) in [5.41, 5.74) is 1.99. The van der Waals surface area contributed by atoms with Crippen LogP contribution >= 0.6 is 27.5 Å². The van der Waals surface area contributed by atoms with Crippen molar-refractivity contribution in [1.29, 1.82) is 0 Å². The number of halogens is 3. The molecule has 0 saturated carbocycles. The number of nitrogens with zero attached hydrogens (tertiary/aromatic N) is 2. The fraction of sp³-hybridized carbons (Fsp3) is 0.308. The molecule has 0 N–H and O–H groups in total. The maximum atomic E-state index is 13.0. The van der Waals surface area contributed by atoms with Gasteiger partial charge in [0.25, 0.3) is 0 Å². The van der Waals surface area contributed by atoms with E-state index in [0.29, 0.717) is 6.54 Å². The Labute approximate surface area is 119 Å². The van der Waals surface area contributed by atoms with E-state index in [0.717, 1.165) is 22.0 Å². The topological polar surface area (TPSA) is 17.8 Å². The van der Waals surface area contributed by atoms with Gasteiger partial charge < -0.3 is 0 Å². The molecule has 0 radical (unpaired) electrons. The highest BCUT2D eigenvalue weighted by Gasteiger charge is 2.09. The third-order valence-corrected chi connectivity index (χ3v) is 4.02. The van der Waals surface area contributed by atoms with Crippen LogP contribution in [0.1, 0.15) is 29.8 Å². The molecule has 0 aliphatic carbocycles. The lowest BCUT2D eigenvalue weighted by Crippen LogP contribution is -2.01. The summed E-state index contributed by atoms with van der Waals surface area (Å²) in [6.45, 7) is 2.62. The molecule has 0 amide bonds. The average Bonchev–Trinajstić information content (AvgIpc) is 2.80. The molecule has 1 heterocycles. The predicted octanol–water partition coefficient (Wildman–Crippen LogP) is 4.52. The van der Waals surface area contributed by atoms with Crippen molar-refractivity contribution in [1.82, 2.24) is 9.78 Å². The van der Waals surface area contributed by atoms with E-state index in [-0.39, 0.29) is 11.2 Å². The molecule has 0 aliphatic heterocycles. The van der Waals surface area contributed by atoms with Crippen molar-refractivity contribution in [3.63, 3.8) is 0 Å². The normalized spacial score (nSPS) is 12.7. The van der Waals surface area contributed by atoms with Gasteiger partial charge in [0.05, 0.1) is 18.1 Å². The third kappa shape index (κ3) is 3.12. The van der Waals surface area contributed by atoms with Crippen LogP contribution in [0.2, 0.25) is 0 Å². The van der Waals surface area contributed by atoms with E-state index in [2.05, 4.69) is 21.0 Å². The number of aromatic nitrogens is 2. The fourth-order valence-electron chi connectivity index (χ4n) is 1.69. The summed E-state index contributed by atoms with van der Waals surface area (Å²) in [4.78, 5) is 0. The molecule has 0 fully saturated rings. The molecule has 0 saturated heterocycles. The lowest BCUT2D eigenvalue weighted by atomic mass is 10.2. The van der Waals surface area contributed by atoms with Gasteiger partial charge in [-0.15, -0.1) is 11.6 Å². The highest BCUT2D eigenvalue weighted by atomic mass is 79.9. The molecule has 1 atom stereocenters.